The molecule has 2 heterocycles. The zero-order valence-electron chi connectivity index (χ0n) is 17.2. The minimum absolute atomic E-state index is 0.0809. The predicted octanol–water partition coefficient (Wildman–Crippen LogP) is 5.19. The molecule has 1 N–H and O–H groups in total. The monoisotopic (exact) mass is 515 g/mol. The summed E-state index contributed by atoms with van der Waals surface area (Å²) in [6, 6.07) is 10.5. The molecule has 32 heavy (non-hydrogen) atoms. The molecule has 0 saturated heterocycles. The normalized spacial score (nSPS) is 17.3. The van der Waals surface area contributed by atoms with Crippen LogP contribution in [-0.4, -0.2) is 35.4 Å². The molecule has 2 aliphatic heterocycles. The van der Waals surface area contributed by atoms with Crippen molar-refractivity contribution in [3.63, 3.8) is 0 Å². The van der Waals surface area contributed by atoms with Gasteiger partial charge in [0.05, 0.1) is 11.5 Å². The molecule has 4 rings (SSSR count). The molecule has 0 saturated carbocycles. The van der Waals surface area contributed by atoms with Crippen molar-refractivity contribution < 1.29 is 28.9 Å². The van der Waals surface area contributed by atoms with Gasteiger partial charge in [-0.05, 0) is 49.2 Å². The van der Waals surface area contributed by atoms with Crippen LogP contribution in [0.3, 0.4) is 0 Å². The van der Waals surface area contributed by atoms with E-state index in [2.05, 4.69) is 20.9 Å². The maximum absolute atomic E-state index is 12.8. The van der Waals surface area contributed by atoms with Gasteiger partial charge in [-0.2, -0.15) is 0 Å². The molecule has 0 aliphatic carbocycles. The van der Waals surface area contributed by atoms with E-state index in [1.807, 2.05) is 6.07 Å². The SMILES string of the molecule is CCOC(=O)C1=C(O)/C(=C/c2cc3c(cc2Br)OCO3)SC1=NC(=O)c1ccccc1C. The van der Waals surface area contributed by atoms with E-state index in [9.17, 15) is 14.7 Å². The summed E-state index contributed by atoms with van der Waals surface area (Å²) in [4.78, 5) is 29.8. The van der Waals surface area contributed by atoms with Gasteiger partial charge in [0.1, 0.15) is 16.4 Å². The number of halogens is 1. The van der Waals surface area contributed by atoms with Crippen LogP contribution in [-0.2, 0) is 9.53 Å². The molecule has 0 bridgehead atoms. The number of nitrogens with zero attached hydrogens (tertiary/aromatic N) is 1. The number of amides is 1. The van der Waals surface area contributed by atoms with E-state index in [0.717, 1.165) is 17.3 Å². The quantitative estimate of drug-likeness (QED) is 0.559. The maximum atomic E-state index is 12.8. The molecule has 0 fully saturated rings. The lowest BCUT2D eigenvalue weighted by atomic mass is 10.1. The molecule has 2 aliphatic rings. The molecule has 1 amide bonds. The van der Waals surface area contributed by atoms with Gasteiger partial charge in [0.2, 0.25) is 6.79 Å². The highest BCUT2D eigenvalue weighted by molar-refractivity contribution is 9.10. The fraction of sp³-hybridized carbons (Fsp3) is 0.174. The van der Waals surface area contributed by atoms with Gasteiger partial charge in [-0.3, -0.25) is 4.79 Å². The van der Waals surface area contributed by atoms with E-state index in [1.165, 1.54) is 0 Å². The van der Waals surface area contributed by atoms with E-state index < -0.39 is 11.9 Å². The second-order valence-corrected chi connectivity index (χ2v) is 8.70. The average molecular weight is 516 g/mol. The largest absolute Gasteiger partial charge is 0.506 e. The number of ether oxygens (including phenoxy) is 3. The van der Waals surface area contributed by atoms with Crippen LogP contribution in [0.15, 0.2) is 62.1 Å². The first kappa shape index (κ1) is 22.2. The minimum atomic E-state index is -0.748. The lowest BCUT2D eigenvalue weighted by Crippen LogP contribution is -2.14. The van der Waals surface area contributed by atoms with Crippen molar-refractivity contribution in [1.82, 2.24) is 0 Å². The predicted molar refractivity (Wildman–Crippen MR) is 125 cm³/mol. The first-order chi connectivity index (χ1) is 15.4. The zero-order valence-corrected chi connectivity index (χ0v) is 19.6. The van der Waals surface area contributed by atoms with Gasteiger partial charge in [0, 0.05) is 10.0 Å². The number of esters is 1. The van der Waals surface area contributed by atoms with E-state index in [4.69, 9.17) is 14.2 Å². The van der Waals surface area contributed by atoms with Crippen molar-refractivity contribution in [2.45, 2.75) is 13.8 Å². The summed E-state index contributed by atoms with van der Waals surface area (Å²) in [5.41, 5.74) is 1.73. The Balaban J connectivity index is 1.75. The highest BCUT2D eigenvalue weighted by atomic mass is 79.9. The van der Waals surface area contributed by atoms with Crippen LogP contribution in [0.25, 0.3) is 6.08 Å². The third-order valence-corrected chi connectivity index (χ3v) is 6.43. The topological polar surface area (TPSA) is 94.4 Å². The number of fused-ring (bicyclic) bond motifs is 1. The van der Waals surface area contributed by atoms with Crippen LogP contribution in [0, 0.1) is 6.92 Å². The average Bonchev–Trinajstić information content (AvgIpc) is 3.32. The molecule has 0 unspecified atom stereocenters. The van der Waals surface area contributed by atoms with Gasteiger partial charge in [0.15, 0.2) is 11.5 Å². The lowest BCUT2D eigenvalue weighted by Gasteiger charge is -2.04. The number of hydrogen-bond acceptors (Lipinski definition) is 7. The number of benzene rings is 2. The van der Waals surface area contributed by atoms with Crippen LogP contribution in [0.2, 0.25) is 0 Å². The van der Waals surface area contributed by atoms with Crippen LogP contribution in [0.1, 0.15) is 28.4 Å². The molecule has 0 atom stereocenters. The molecular weight excluding hydrogens is 498 g/mol. The fourth-order valence-corrected chi connectivity index (χ4v) is 4.58. The summed E-state index contributed by atoms with van der Waals surface area (Å²) in [6.07, 6.45) is 1.67. The number of carbonyl (C=O) groups excluding carboxylic acids is 2. The molecule has 164 valence electrons. The third-order valence-electron chi connectivity index (χ3n) is 4.73. The van der Waals surface area contributed by atoms with Gasteiger partial charge < -0.3 is 19.3 Å². The Labute approximate surface area is 196 Å². The summed E-state index contributed by atoms with van der Waals surface area (Å²) >= 11 is 4.50. The van der Waals surface area contributed by atoms with Crippen molar-refractivity contribution in [3.8, 4) is 11.5 Å². The molecule has 9 heteroatoms. The van der Waals surface area contributed by atoms with Crippen molar-refractivity contribution >= 4 is 50.7 Å². The van der Waals surface area contributed by atoms with Gasteiger partial charge in [-0.15, -0.1) is 0 Å². The molecule has 0 aromatic heterocycles. The molecule has 7 nitrogen and oxygen atoms in total. The van der Waals surface area contributed by atoms with Crippen LogP contribution < -0.4 is 9.47 Å². The number of aryl methyl sites for hydroxylation is 1. The first-order valence-corrected chi connectivity index (χ1v) is 11.3. The van der Waals surface area contributed by atoms with Gasteiger partial charge in [-0.25, -0.2) is 9.79 Å². The second kappa shape index (κ2) is 9.22. The maximum Gasteiger partial charge on any atom is 0.344 e. The minimum Gasteiger partial charge on any atom is -0.506 e. The number of rotatable bonds is 4. The van der Waals surface area contributed by atoms with Gasteiger partial charge in [0.25, 0.3) is 5.91 Å². The van der Waals surface area contributed by atoms with Crippen molar-refractivity contribution in [1.29, 1.82) is 0 Å². The molecule has 2 aromatic carbocycles. The first-order valence-electron chi connectivity index (χ1n) is 9.67. The third kappa shape index (κ3) is 4.31. The Morgan fingerprint density at radius 1 is 1.25 bits per heavy atom. The number of aliphatic imine (C=N–C) groups is 1. The van der Waals surface area contributed by atoms with Gasteiger partial charge >= 0.3 is 5.97 Å². The number of hydrogen-bond donors (Lipinski definition) is 1. The Morgan fingerprint density at radius 3 is 2.69 bits per heavy atom. The summed E-state index contributed by atoms with van der Waals surface area (Å²) in [5, 5.41) is 10.9. The Kier molecular flexibility index (Phi) is 6.38. The van der Waals surface area contributed by atoms with E-state index >= 15 is 0 Å². The Hall–Kier alpha value is -3.04. The summed E-state index contributed by atoms with van der Waals surface area (Å²) in [7, 11) is 0. The Morgan fingerprint density at radius 2 is 1.97 bits per heavy atom. The van der Waals surface area contributed by atoms with E-state index in [-0.39, 0.29) is 29.8 Å². The number of aliphatic hydroxyl groups is 1. The van der Waals surface area contributed by atoms with Crippen LogP contribution >= 0.6 is 27.7 Å². The van der Waals surface area contributed by atoms with E-state index in [1.54, 1.807) is 50.3 Å². The highest BCUT2D eigenvalue weighted by Gasteiger charge is 2.34. The fourth-order valence-electron chi connectivity index (χ4n) is 3.14. The number of carbonyl (C=O) groups is 2. The number of aliphatic hydroxyl groups excluding tert-OH is 1. The number of thioether (sulfide) groups is 1. The van der Waals surface area contributed by atoms with Crippen molar-refractivity contribution in [3.05, 3.63) is 73.8 Å². The van der Waals surface area contributed by atoms with Gasteiger partial charge in [-0.1, -0.05) is 45.9 Å². The lowest BCUT2D eigenvalue weighted by molar-refractivity contribution is -0.138. The smallest absolute Gasteiger partial charge is 0.344 e. The standard InChI is InChI=1S/C23H18BrNO6S/c1-3-29-23(28)19-20(26)18(9-13-8-16-17(10-15(13)24)31-11-30-16)32-22(19)25-21(27)14-7-5-4-6-12(14)2/h4-10,26H,3,11H2,1-2H3/b18-9-,25-22?. The molecular formula is C23H18BrNO6S. The van der Waals surface area contributed by atoms with Crippen molar-refractivity contribution in [2.24, 2.45) is 4.99 Å². The van der Waals surface area contributed by atoms with Crippen LogP contribution in [0.4, 0.5) is 0 Å². The summed E-state index contributed by atoms with van der Waals surface area (Å²) < 4.78 is 16.6. The van der Waals surface area contributed by atoms with Crippen molar-refractivity contribution in [2.75, 3.05) is 13.4 Å². The molecule has 0 radical (unpaired) electrons. The van der Waals surface area contributed by atoms with E-state index in [0.29, 0.717) is 32.0 Å². The Bertz CT molecular complexity index is 1220. The summed E-state index contributed by atoms with van der Waals surface area (Å²) in [5.74, 6) is -0.376. The van der Waals surface area contributed by atoms with Crippen LogP contribution in [0.5, 0.6) is 11.5 Å². The second-order valence-electron chi connectivity index (χ2n) is 6.82. The zero-order chi connectivity index (χ0) is 22.8. The molecule has 0 spiro atoms. The molecule has 2 aromatic rings. The highest BCUT2D eigenvalue weighted by Crippen LogP contribution is 2.42. The summed E-state index contributed by atoms with van der Waals surface area (Å²) in [6.45, 7) is 3.71.